The fraction of sp³-hybridized carbons (Fsp3) is 1.00. The van der Waals surface area contributed by atoms with Crippen LogP contribution in [0.1, 0.15) is 135 Å². The maximum absolute atomic E-state index is 6.18. The first kappa shape index (κ1) is 72.6. The minimum absolute atomic E-state index is 0. The fourth-order valence-corrected chi connectivity index (χ4v) is 9.02. The van der Waals surface area contributed by atoms with E-state index in [1.54, 1.807) is 0 Å². The van der Waals surface area contributed by atoms with E-state index in [4.69, 9.17) is 26.6 Å². The largest absolute Gasteiger partial charge is 0.501 e. The standard InChI is InChI=1S/2C14H32O3Si.8H2S/c2*1-8-12(5)15-18(11-4,16-13(6)9-2)17-14(7)10-3;;;;;;;;/h2*12-14H,8-11H2,1-7H3;8*1H2. The van der Waals surface area contributed by atoms with Crippen LogP contribution in [0.25, 0.3) is 0 Å². The quantitative estimate of drug-likeness (QED) is 0.114. The number of hydrogen-bond donors (Lipinski definition) is 0. The van der Waals surface area contributed by atoms with Crippen molar-refractivity contribution in [2.45, 2.75) is 184 Å². The van der Waals surface area contributed by atoms with Gasteiger partial charge in [-0.3, -0.25) is 0 Å². The summed E-state index contributed by atoms with van der Waals surface area (Å²) in [5.41, 5.74) is 0. The van der Waals surface area contributed by atoms with E-state index in [1.807, 2.05) is 0 Å². The van der Waals surface area contributed by atoms with Crippen molar-refractivity contribution in [1.82, 2.24) is 0 Å². The molecule has 0 fully saturated rings. The van der Waals surface area contributed by atoms with Gasteiger partial charge in [0, 0.05) is 48.7 Å². The Morgan fingerprint density at radius 2 is 0.409 bits per heavy atom. The highest BCUT2D eigenvalue weighted by atomic mass is 32.1. The molecule has 0 bridgehead atoms. The monoisotopic (exact) mass is 824 g/mol. The Morgan fingerprint density at radius 1 is 0.295 bits per heavy atom. The summed E-state index contributed by atoms with van der Waals surface area (Å²) in [7, 11) is -5.04. The van der Waals surface area contributed by atoms with Gasteiger partial charge in [0.15, 0.2) is 0 Å². The average Bonchev–Trinajstić information content (AvgIpc) is 2.87. The third-order valence-corrected chi connectivity index (χ3v) is 12.9. The van der Waals surface area contributed by atoms with Crippen LogP contribution in [0, 0.1) is 0 Å². The molecule has 0 amide bonds. The van der Waals surface area contributed by atoms with Gasteiger partial charge < -0.3 is 26.6 Å². The molecule has 6 unspecified atom stereocenters. The van der Waals surface area contributed by atoms with Crippen LogP contribution in [0.15, 0.2) is 0 Å². The molecular weight excluding hydrogens is 745 g/mol. The summed E-state index contributed by atoms with van der Waals surface area (Å²) >= 11 is 0. The first-order chi connectivity index (χ1) is 16.8. The van der Waals surface area contributed by atoms with Crippen molar-refractivity contribution in [3.63, 3.8) is 0 Å². The summed E-state index contributed by atoms with van der Waals surface area (Å²) in [6, 6.07) is 1.68. The minimum Gasteiger partial charge on any atom is -0.371 e. The smallest absolute Gasteiger partial charge is 0.371 e. The fourth-order valence-electron chi connectivity index (χ4n) is 3.01. The molecule has 0 rings (SSSR count). The SMILES string of the molecule is CCC(C)O[Si](CC)(OC(C)CC)OC(C)CC.CCC(C)O[Si](CC)(OC(C)CC)OC(C)CC.S.S.S.S.S.S.S.S. The van der Waals surface area contributed by atoms with Crippen LogP contribution >= 0.6 is 108 Å². The Morgan fingerprint density at radius 3 is 0.477 bits per heavy atom. The van der Waals surface area contributed by atoms with Gasteiger partial charge in [-0.2, -0.15) is 108 Å². The van der Waals surface area contributed by atoms with Crippen molar-refractivity contribution in [3.05, 3.63) is 0 Å². The summed E-state index contributed by atoms with van der Waals surface area (Å²) in [5, 5.41) is 0. The van der Waals surface area contributed by atoms with E-state index >= 15 is 0 Å². The molecular formula is C28H80O6S8Si2. The van der Waals surface area contributed by atoms with Gasteiger partial charge in [-0.25, -0.2) is 0 Å². The Balaban J connectivity index is -0.0000000556. The highest BCUT2D eigenvalue weighted by molar-refractivity contribution is 7.60. The highest BCUT2D eigenvalue weighted by Crippen LogP contribution is 2.25. The zero-order chi connectivity index (χ0) is 28.4. The molecule has 6 nitrogen and oxygen atoms in total. The summed E-state index contributed by atoms with van der Waals surface area (Å²) < 4.78 is 37.1. The van der Waals surface area contributed by atoms with Crippen molar-refractivity contribution in [1.29, 1.82) is 0 Å². The second-order valence-corrected chi connectivity index (χ2v) is 15.7. The maximum atomic E-state index is 6.18. The topological polar surface area (TPSA) is 55.4 Å². The predicted octanol–water partition coefficient (Wildman–Crippen LogP) is 9.68. The third kappa shape index (κ3) is 33.5. The van der Waals surface area contributed by atoms with E-state index < -0.39 is 17.6 Å². The van der Waals surface area contributed by atoms with E-state index in [9.17, 15) is 0 Å². The molecule has 0 aromatic rings. The van der Waals surface area contributed by atoms with Gasteiger partial charge in [-0.05, 0) is 80.1 Å². The second-order valence-electron chi connectivity index (χ2n) is 10.1. The molecule has 16 heteroatoms. The van der Waals surface area contributed by atoms with E-state index in [0.717, 1.165) is 50.6 Å². The molecule has 284 valence electrons. The van der Waals surface area contributed by atoms with Gasteiger partial charge >= 0.3 is 17.6 Å². The predicted molar refractivity (Wildman–Crippen MR) is 241 cm³/mol. The molecule has 0 spiro atoms. The third-order valence-electron chi connectivity index (χ3n) is 6.60. The van der Waals surface area contributed by atoms with Crippen LogP contribution < -0.4 is 0 Å². The first-order valence-electron chi connectivity index (χ1n) is 14.9. The Labute approximate surface area is 333 Å². The van der Waals surface area contributed by atoms with Crippen LogP contribution in [0.5, 0.6) is 0 Å². The molecule has 0 heterocycles. The molecule has 6 atom stereocenters. The lowest BCUT2D eigenvalue weighted by Crippen LogP contribution is -2.51. The Kier molecular flexibility index (Phi) is 69.6. The van der Waals surface area contributed by atoms with Gasteiger partial charge in [-0.15, -0.1) is 0 Å². The number of rotatable bonds is 20. The second kappa shape index (κ2) is 42.2. The highest BCUT2D eigenvalue weighted by Gasteiger charge is 2.44. The van der Waals surface area contributed by atoms with Crippen molar-refractivity contribution in [3.8, 4) is 0 Å². The van der Waals surface area contributed by atoms with Crippen molar-refractivity contribution < 1.29 is 26.6 Å². The van der Waals surface area contributed by atoms with Gasteiger partial charge in [0.2, 0.25) is 0 Å². The molecule has 0 aromatic heterocycles. The summed E-state index contributed by atoms with van der Waals surface area (Å²) in [6.45, 7) is 29.6. The molecule has 44 heavy (non-hydrogen) atoms. The van der Waals surface area contributed by atoms with Crippen molar-refractivity contribution >= 4 is 126 Å². The zero-order valence-corrected chi connectivity index (χ0v) is 40.6. The lowest BCUT2D eigenvalue weighted by Gasteiger charge is -2.35. The Bertz CT molecular complexity index is 434. The molecule has 0 aliphatic heterocycles. The lowest BCUT2D eigenvalue weighted by atomic mass is 10.3. The van der Waals surface area contributed by atoms with Gasteiger partial charge in [0.1, 0.15) is 0 Å². The van der Waals surface area contributed by atoms with Crippen LogP contribution in [-0.2, 0) is 26.6 Å². The van der Waals surface area contributed by atoms with Crippen LogP contribution in [0.3, 0.4) is 0 Å². The van der Waals surface area contributed by atoms with Gasteiger partial charge in [0.25, 0.3) is 0 Å². The molecule has 0 saturated heterocycles. The van der Waals surface area contributed by atoms with E-state index in [2.05, 4.69) is 96.9 Å². The lowest BCUT2D eigenvalue weighted by molar-refractivity contribution is -0.0108. The molecule has 0 aliphatic carbocycles. The normalized spacial score (nSPS) is 16.5. The maximum Gasteiger partial charge on any atom is 0.501 e. The van der Waals surface area contributed by atoms with Crippen LogP contribution in [0.2, 0.25) is 12.1 Å². The molecule has 0 radical (unpaired) electrons. The van der Waals surface area contributed by atoms with Crippen molar-refractivity contribution in [2.75, 3.05) is 0 Å². The average molecular weight is 826 g/mol. The summed E-state index contributed by atoms with van der Waals surface area (Å²) in [6.07, 6.45) is 7.12. The van der Waals surface area contributed by atoms with Crippen LogP contribution in [0.4, 0.5) is 0 Å². The number of hydrogen-bond acceptors (Lipinski definition) is 6. The van der Waals surface area contributed by atoms with Gasteiger partial charge in [-0.1, -0.05) is 55.4 Å². The summed E-state index contributed by atoms with van der Waals surface area (Å²) in [5.74, 6) is 0. The minimum atomic E-state index is -2.52. The van der Waals surface area contributed by atoms with Gasteiger partial charge in [0.05, 0.1) is 0 Å². The first-order valence-corrected chi connectivity index (χ1v) is 18.8. The van der Waals surface area contributed by atoms with Crippen molar-refractivity contribution in [2.24, 2.45) is 0 Å². The molecule has 0 aromatic carbocycles. The van der Waals surface area contributed by atoms with E-state index in [0.29, 0.717) is 0 Å². The van der Waals surface area contributed by atoms with Crippen LogP contribution in [-0.4, -0.2) is 54.2 Å². The molecule has 0 saturated carbocycles. The zero-order valence-electron chi connectivity index (χ0n) is 30.6. The summed E-state index contributed by atoms with van der Waals surface area (Å²) in [4.78, 5) is 0. The molecule has 0 N–H and O–H groups in total. The Hall–Kier alpha value is 2.99. The molecule has 0 aliphatic rings. The van der Waals surface area contributed by atoms with E-state index in [1.165, 1.54) is 0 Å². The van der Waals surface area contributed by atoms with E-state index in [-0.39, 0.29) is 145 Å².